The summed E-state index contributed by atoms with van der Waals surface area (Å²) >= 11 is 1.39. The van der Waals surface area contributed by atoms with Crippen molar-refractivity contribution in [1.29, 1.82) is 0 Å². The lowest BCUT2D eigenvalue weighted by Crippen LogP contribution is -2.19. The number of hydrogen-bond acceptors (Lipinski definition) is 4. The van der Waals surface area contributed by atoms with E-state index in [2.05, 4.69) is 41.7 Å². The number of para-hydroxylation sites is 1. The van der Waals surface area contributed by atoms with E-state index in [1.54, 1.807) is 30.5 Å². The summed E-state index contributed by atoms with van der Waals surface area (Å²) in [6, 6.07) is 14.2. The predicted octanol–water partition coefficient (Wildman–Crippen LogP) is 5.65. The highest BCUT2D eigenvalue weighted by atomic mass is 32.1. The molecule has 3 rings (SSSR count). The Hall–Kier alpha value is -3.19. The van der Waals surface area contributed by atoms with E-state index < -0.39 is 0 Å². The Balaban J connectivity index is 1.69. The van der Waals surface area contributed by atoms with Crippen LogP contribution in [0, 0.1) is 6.92 Å². The van der Waals surface area contributed by atoms with Gasteiger partial charge in [-0.25, -0.2) is 9.78 Å². The molecule has 0 fully saturated rings. The Labute approximate surface area is 174 Å². The molecule has 0 atom stereocenters. The number of hydrogen-bond donors (Lipinski definition) is 3. The van der Waals surface area contributed by atoms with Crippen molar-refractivity contribution in [2.24, 2.45) is 0 Å². The number of thiazole rings is 1. The van der Waals surface area contributed by atoms with Gasteiger partial charge in [0, 0.05) is 22.5 Å². The Morgan fingerprint density at radius 3 is 2.28 bits per heavy atom. The number of amides is 3. The summed E-state index contributed by atoms with van der Waals surface area (Å²) in [5.41, 5.74) is 2.71. The molecule has 6 nitrogen and oxygen atoms in total. The number of rotatable bonds is 4. The van der Waals surface area contributed by atoms with Gasteiger partial charge in [-0.15, -0.1) is 11.3 Å². The molecule has 150 valence electrons. The molecule has 0 spiro atoms. The number of carbonyl (C=O) groups is 2. The van der Waals surface area contributed by atoms with Crippen molar-refractivity contribution in [3.05, 3.63) is 70.2 Å². The fourth-order valence-corrected chi connectivity index (χ4v) is 3.43. The number of nitrogens with zero attached hydrogens (tertiary/aromatic N) is 1. The van der Waals surface area contributed by atoms with E-state index >= 15 is 0 Å². The Morgan fingerprint density at radius 2 is 1.62 bits per heavy atom. The molecule has 29 heavy (non-hydrogen) atoms. The van der Waals surface area contributed by atoms with E-state index in [4.69, 9.17) is 0 Å². The van der Waals surface area contributed by atoms with Crippen molar-refractivity contribution in [2.75, 3.05) is 16.0 Å². The van der Waals surface area contributed by atoms with E-state index in [-0.39, 0.29) is 17.4 Å². The van der Waals surface area contributed by atoms with Crippen LogP contribution in [0.2, 0.25) is 0 Å². The van der Waals surface area contributed by atoms with E-state index in [1.165, 1.54) is 11.3 Å². The fourth-order valence-electron chi connectivity index (χ4n) is 2.56. The molecule has 0 bridgehead atoms. The molecule has 3 N–H and O–H groups in total. The SMILES string of the molecule is Cc1ccc(NC(=O)Nc2ccccc2)cc1NC(=O)c1cnc(C(C)(C)C)s1. The zero-order valence-electron chi connectivity index (χ0n) is 16.9. The summed E-state index contributed by atoms with van der Waals surface area (Å²) in [5, 5.41) is 9.37. The quantitative estimate of drug-likeness (QED) is 0.522. The molecule has 1 heterocycles. The van der Waals surface area contributed by atoms with Gasteiger partial charge in [-0.2, -0.15) is 0 Å². The molecule has 1 aromatic heterocycles. The fraction of sp³-hybridized carbons (Fsp3) is 0.227. The minimum Gasteiger partial charge on any atom is -0.321 e. The number of carbonyl (C=O) groups excluding carboxylic acids is 2. The minimum absolute atomic E-state index is 0.102. The number of benzene rings is 2. The van der Waals surface area contributed by atoms with Gasteiger partial charge in [0.15, 0.2) is 0 Å². The van der Waals surface area contributed by atoms with E-state index in [9.17, 15) is 9.59 Å². The average molecular weight is 409 g/mol. The molecule has 0 aliphatic carbocycles. The molecule has 0 radical (unpaired) electrons. The van der Waals surface area contributed by atoms with E-state index in [0.29, 0.717) is 21.9 Å². The largest absolute Gasteiger partial charge is 0.323 e. The molecule has 0 aliphatic rings. The van der Waals surface area contributed by atoms with Crippen LogP contribution in [0.5, 0.6) is 0 Å². The van der Waals surface area contributed by atoms with Crippen LogP contribution in [0.15, 0.2) is 54.7 Å². The molecular formula is C22H24N4O2S. The highest BCUT2D eigenvalue weighted by Crippen LogP contribution is 2.28. The number of anilines is 3. The minimum atomic E-state index is -0.352. The molecule has 3 aromatic rings. The smallest absolute Gasteiger partial charge is 0.321 e. The number of nitrogens with one attached hydrogen (secondary N) is 3. The van der Waals surface area contributed by atoms with Gasteiger partial charge >= 0.3 is 6.03 Å². The lowest BCUT2D eigenvalue weighted by molar-refractivity contribution is 0.103. The molecule has 2 aromatic carbocycles. The monoisotopic (exact) mass is 408 g/mol. The van der Waals surface area contributed by atoms with Gasteiger partial charge in [-0.05, 0) is 36.8 Å². The molecule has 7 heteroatoms. The number of aromatic nitrogens is 1. The maximum absolute atomic E-state index is 12.6. The van der Waals surface area contributed by atoms with Gasteiger partial charge in [-0.3, -0.25) is 4.79 Å². The summed E-state index contributed by atoms with van der Waals surface area (Å²) in [7, 11) is 0. The molecule has 0 saturated carbocycles. The van der Waals surface area contributed by atoms with Crippen LogP contribution in [-0.2, 0) is 5.41 Å². The molecule has 0 saturated heterocycles. The highest BCUT2D eigenvalue weighted by Gasteiger charge is 2.20. The van der Waals surface area contributed by atoms with E-state index in [0.717, 1.165) is 10.6 Å². The first kappa shape index (κ1) is 20.5. The zero-order chi connectivity index (χ0) is 21.0. The van der Waals surface area contributed by atoms with Gasteiger partial charge in [0.05, 0.1) is 11.2 Å². The van der Waals surface area contributed by atoms with Crippen LogP contribution in [-0.4, -0.2) is 16.9 Å². The maximum atomic E-state index is 12.6. The van der Waals surface area contributed by atoms with Crippen molar-refractivity contribution >= 4 is 40.3 Å². The summed E-state index contributed by atoms with van der Waals surface area (Å²) < 4.78 is 0. The topological polar surface area (TPSA) is 83.1 Å². The molecular weight excluding hydrogens is 384 g/mol. The van der Waals surface area contributed by atoms with Crippen molar-refractivity contribution in [3.63, 3.8) is 0 Å². The third-order valence-corrected chi connectivity index (χ3v) is 5.57. The predicted molar refractivity (Wildman–Crippen MR) is 119 cm³/mol. The zero-order valence-corrected chi connectivity index (χ0v) is 17.7. The third kappa shape index (κ3) is 5.42. The number of aryl methyl sites for hydroxylation is 1. The van der Waals surface area contributed by atoms with Gasteiger partial charge < -0.3 is 16.0 Å². The van der Waals surface area contributed by atoms with E-state index in [1.807, 2.05) is 31.2 Å². The van der Waals surface area contributed by atoms with Crippen LogP contribution in [0.4, 0.5) is 21.9 Å². The second-order valence-electron chi connectivity index (χ2n) is 7.71. The van der Waals surface area contributed by atoms with Gasteiger partial charge in [-0.1, -0.05) is 45.0 Å². The Bertz CT molecular complexity index is 1020. The Kier molecular flexibility index (Phi) is 5.98. The molecule has 3 amide bonds. The first-order chi connectivity index (χ1) is 13.7. The second-order valence-corrected chi connectivity index (χ2v) is 8.74. The van der Waals surface area contributed by atoms with Crippen LogP contribution in [0.3, 0.4) is 0 Å². The van der Waals surface area contributed by atoms with Gasteiger partial charge in [0.2, 0.25) is 0 Å². The van der Waals surface area contributed by atoms with Crippen LogP contribution < -0.4 is 16.0 Å². The Morgan fingerprint density at radius 1 is 0.931 bits per heavy atom. The lowest BCUT2D eigenvalue weighted by atomic mass is 9.98. The summed E-state index contributed by atoms with van der Waals surface area (Å²) in [6.07, 6.45) is 1.60. The van der Waals surface area contributed by atoms with Crippen LogP contribution in [0.1, 0.15) is 41.0 Å². The highest BCUT2D eigenvalue weighted by molar-refractivity contribution is 7.13. The first-order valence-corrected chi connectivity index (χ1v) is 10.1. The summed E-state index contributed by atoms with van der Waals surface area (Å²) in [5.74, 6) is -0.216. The van der Waals surface area contributed by atoms with Crippen LogP contribution in [0.25, 0.3) is 0 Å². The standard InChI is InChI=1S/C22H24N4O2S/c1-14-10-11-16(25-21(28)24-15-8-6-5-7-9-15)12-17(14)26-19(27)18-13-23-20(29-18)22(2,3)4/h5-13H,1-4H3,(H,26,27)(H2,24,25,28). The summed E-state index contributed by atoms with van der Waals surface area (Å²) in [6.45, 7) is 8.09. The average Bonchev–Trinajstić information content (AvgIpc) is 3.16. The molecule has 0 aliphatic heterocycles. The first-order valence-electron chi connectivity index (χ1n) is 9.24. The lowest BCUT2D eigenvalue weighted by Gasteiger charge is -2.13. The van der Waals surface area contributed by atoms with Crippen molar-refractivity contribution in [2.45, 2.75) is 33.1 Å². The van der Waals surface area contributed by atoms with Crippen molar-refractivity contribution in [1.82, 2.24) is 4.98 Å². The van der Waals surface area contributed by atoms with Gasteiger partial charge in [0.25, 0.3) is 5.91 Å². The summed E-state index contributed by atoms with van der Waals surface area (Å²) in [4.78, 5) is 29.8. The van der Waals surface area contributed by atoms with Crippen molar-refractivity contribution in [3.8, 4) is 0 Å². The third-order valence-electron chi connectivity index (χ3n) is 4.15. The molecule has 0 unspecified atom stereocenters. The van der Waals surface area contributed by atoms with Crippen LogP contribution >= 0.6 is 11.3 Å². The maximum Gasteiger partial charge on any atom is 0.323 e. The second kappa shape index (κ2) is 8.45. The van der Waals surface area contributed by atoms with Crippen molar-refractivity contribution < 1.29 is 9.59 Å². The normalized spacial score (nSPS) is 11.0. The van der Waals surface area contributed by atoms with Gasteiger partial charge in [0.1, 0.15) is 4.88 Å². The number of urea groups is 1.